The maximum atomic E-state index is 5.91. The molecule has 2 aromatic heterocycles. The maximum absolute atomic E-state index is 5.91. The molecule has 0 N–H and O–H groups in total. The summed E-state index contributed by atoms with van der Waals surface area (Å²) in [6, 6.07) is 3.71. The van der Waals surface area contributed by atoms with E-state index in [-0.39, 0.29) is 0 Å². The van der Waals surface area contributed by atoms with Gasteiger partial charge in [-0.1, -0.05) is 23.2 Å². The first-order chi connectivity index (χ1) is 6.27. The van der Waals surface area contributed by atoms with E-state index in [0.717, 1.165) is 14.9 Å². The fourth-order valence-corrected chi connectivity index (χ4v) is 2.25. The van der Waals surface area contributed by atoms with E-state index in [4.69, 9.17) is 23.2 Å². The summed E-state index contributed by atoms with van der Waals surface area (Å²) in [7, 11) is 0. The Balaban J connectivity index is 2.52. The number of aromatic nitrogens is 2. The molecule has 66 valence electrons. The van der Waals surface area contributed by atoms with Gasteiger partial charge >= 0.3 is 0 Å². The van der Waals surface area contributed by atoms with E-state index < -0.39 is 0 Å². The second kappa shape index (κ2) is 3.62. The minimum atomic E-state index is 0.543. The molecule has 0 spiro atoms. The van der Waals surface area contributed by atoms with Gasteiger partial charge in [0.25, 0.3) is 0 Å². The topological polar surface area (TPSA) is 25.8 Å². The average molecular weight is 231 g/mol. The average Bonchev–Trinajstić information content (AvgIpc) is 2.53. The summed E-state index contributed by atoms with van der Waals surface area (Å²) in [5, 5.41) is 0.543. The van der Waals surface area contributed by atoms with Gasteiger partial charge in [-0.25, -0.2) is 9.97 Å². The monoisotopic (exact) mass is 230 g/mol. The SMILES string of the molecule is Clc1ccc(-c2ncncc2Cl)s1. The molecule has 0 saturated carbocycles. The normalized spacial score (nSPS) is 10.3. The van der Waals surface area contributed by atoms with Crippen LogP contribution < -0.4 is 0 Å². The molecule has 0 aliphatic heterocycles. The van der Waals surface area contributed by atoms with Crippen LogP contribution in [0.3, 0.4) is 0 Å². The lowest BCUT2D eigenvalue weighted by atomic mass is 10.3. The first-order valence-electron chi connectivity index (χ1n) is 3.48. The predicted molar refractivity (Wildman–Crippen MR) is 55.4 cm³/mol. The number of thiophene rings is 1. The van der Waals surface area contributed by atoms with Gasteiger partial charge in [0.1, 0.15) is 12.0 Å². The van der Waals surface area contributed by atoms with E-state index in [2.05, 4.69) is 9.97 Å². The van der Waals surface area contributed by atoms with Crippen LogP contribution in [0.15, 0.2) is 24.7 Å². The van der Waals surface area contributed by atoms with Crippen molar-refractivity contribution in [3.63, 3.8) is 0 Å². The molecule has 0 aliphatic rings. The van der Waals surface area contributed by atoms with Gasteiger partial charge in [-0.3, -0.25) is 0 Å². The van der Waals surface area contributed by atoms with Crippen molar-refractivity contribution in [1.82, 2.24) is 9.97 Å². The van der Waals surface area contributed by atoms with E-state index in [9.17, 15) is 0 Å². The van der Waals surface area contributed by atoms with Crippen molar-refractivity contribution in [3.05, 3.63) is 34.0 Å². The molecule has 0 aliphatic carbocycles. The Hall–Kier alpha value is -0.640. The number of hydrogen-bond donors (Lipinski definition) is 0. The van der Waals surface area contributed by atoms with E-state index in [0.29, 0.717) is 5.02 Å². The quantitative estimate of drug-likeness (QED) is 0.750. The molecule has 0 fully saturated rings. The maximum Gasteiger partial charge on any atom is 0.116 e. The van der Waals surface area contributed by atoms with Crippen LogP contribution >= 0.6 is 34.5 Å². The lowest BCUT2D eigenvalue weighted by Gasteiger charge is -1.96. The number of rotatable bonds is 1. The summed E-state index contributed by atoms with van der Waals surface area (Å²) < 4.78 is 0.727. The molecular formula is C8H4Cl2N2S. The molecule has 0 aromatic carbocycles. The molecule has 0 atom stereocenters. The first-order valence-corrected chi connectivity index (χ1v) is 5.06. The van der Waals surface area contributed by atoms with Crippen molar-refractivity contribution in [2.75, 3.05) is 0 Å². The molecule has 2 nitrogen and oxygen atoms in total. The molecule has 5 heteroatoms. The van der Waals surface area contributed by atoms with Crippen molar-refractivity contribution < 1.29 is 0 Å². The smallest absolute Gasteiger partial charge is 0.116 e. The van der Waals surface area contributed by atoms with Crippen LogP contribution in [0.1, 0.15) is 0 Å². The van der Waals surface area contributed by atoms with Crippen LogP contribution in [0, 0.1) is 0 Å². The third-order valence-corrected chi connectivity index (χ3v) is 2.99. The highest BCUT2D eigenvalue weighted by atomic mass is 35.5. The zero-order valence-corrected chi connectivity index (χ0v) is 8.70. The minimum absolute atomic E-state index is 0.543. The first kappa shape index (κ1) is 8.94. The predicted octanol–water partition coefficient (Wildman–Crippen LogP) is 3.51. The van der Waals surface area contributed by atoms with Gasteiger partial charge in [0.05, 0.1) is 14.2 Å². The fourth-order valence-electron chi connectivity index (χ4n) is 0.936. The highest BCUT2D eigenvalue weighted by Gasteiger charge is 2.06. The minimum Gasteiger partial charge on any atom is -0.243 e. The molecule has 0 amide bonds. The van der Waals surface area contributed by atoms with Crippen LogP contribution in [0.5, 0.6) is 0 Å². The van der Waals surface area contributed by atoms with Gasteiger partial charge in [0, 0.05) is 6.20 Å². The number of nitrogens with zero attached hydrogens (tertiary/aromatic N) is 2. The number of hydrogen-bond acceptors (Lipinski definition) is 3. The lowest BCUT2D eigenvalue weighted by molar-refractivity contribution is 1.18. The second-order valence-corrected chi connectivity index (χ2v) is 4.45. The van der Waals surface area contributed by atoms with Gasteiger partial charge in [-0.15, -0.1) is 11.3 Å². The van der Waals surface area contributed by atoms with Crippen molar-refractivity contribution in [2.24, 2.45) is 0 Å². The fraction of sp³-hybridized carbons (Fsp3) is 0. The largest absolute Gasteiger partial charge is 0.243 e. The zero-order valence-electron chi connectivity index (χ0n) is 6.37. The van der Waals surface area contributed by atoms with Crippen LogP contribution in [-0.2, 0) is 0 Å². The standard InChI is InChI=1S/C8H4Cl2N2S/c9-5-3-11-4-12-8(5)6-1-2-7(10)13-6/h1-4H. The summed E-state index contributed by atoms with van der Waals surface area (Å²) in [5.41, 5.74) is 0.730. The molecular weight excluding hydrogens is 227 g/mol. The summed E-state index contributed by atoms with van der Waals surface area (Å²) in [4.78, 5) is 8.83. The molecule has 2 heterocycles. The third-order valence-electron chi connectivity index (χ3n) is 1.47. The highest BCUT2D eigenvalue weighted by Crippen LogP contribution is 2.32. The van der Waals surface area contributed by atoms with Crippen LogP contribution in [0.25, 0.3) is 10.6 Å². The summed E-state index contributed by atoms with van der Waals surface area (Å²) in [6.07, 6.45) is 3.03. The Morgan fingerprint density at radius 3 is 2.69 bits per heavy atom. The Morgan fingerprint density at radius 2 is 2.08 bits per heavy atom. The summed E-state index contributed by atoms with van der Waals surface area (Å²) >= 11 is 13.1. The van der Waals surface area contributed by atoms with Gasteiger partial charge in [0.2, 0.25) is 0 Å². The molecule has 0 saturated heterocycles. The Bertz CT molecular complexity index is 428. The van der Waals surface area contributed by atoms with E-state index in [1.165, 1.54) is 17.7 Å². The molecule has 0 radical (unpaired) electrons. The van der Waals surface area contributed by atoms with Gasteiger partial charge < -0.3 is 0 Å². The van der Waals surface area contributed by atoms with Crippen molar-refractivity contribution >= 4 is 34.5 Å². The summed E-state index contributed by atoms with van der Waals surface area (Å²) in [5.74, 6) is 0. The van der Waals surface area contributed by atoms with Crippen LogP contribution in [0.2, 0.25) is 9.36 Å². The molecule has 2 aromatic rings. The molecule has 0 bridgehead atoms. The Labute approximate surface area is 89.2 Å². The molecule has 0 unspecified atom stereocenters. The second-order valence-electron chi connectivity index (χ2n) is 2.32. The van der Waals surface area contributed by atoms with Crippen LogP contribution in [0.4, 0.5) is 0 Å². The highest BCUT2D eigenvalue weighted by molar-refractivity contribution is 7.19. The van der Waals surface area contributed by atoms with E-state index in [1.807, 2.05) is 12.1 Å². The molecule has 13 heavy (non-hydrogen) atoms. The Morgan fingerprint density at radius 1 is 1.23 bits per heavy atom. The summed E-state index contributed by atoms with van der Waals surface area (Å²) in [6.45, 7) is 0. The van der Waals surface area contributed by atoms with Crippen molar-refractivity contribution in [1.29, 1.82) is 0 Å². The Kier molecular flexibility index (Phi) is 2.49. The van der Waals surface area contributed by atoms with Crippen molar-refractivity contribution in [2.45, 2.75) is 0 Å². The van der Waals surface area contributed by atoms with E-state index >= 15 is 0 Å². The molecule has 2 rings (SSSR count). The van der Waals surface area contributed by atoms with Crippen LogP contribution in [-0.4, -0.2) is 9.97 Å². The van der Waals surface area contributed by atoms with E-state index in [1.54, 1.807) is 6.20 Å². The zero-order chi connectivity index (χ0) is 9.26. The van der Waals surface area contributed by atoms with Gasteiger partial charge in [-0.2, -0.15) is 0 Å². The number of halogens is 2. The van der Waals surface area contributed by atoms with Gasteiger partial charge in [-0.05, 0) is 12.1 Å². The lowest BCUT2D eigenvalue weighted by Crippen LogP contribution is -1.82. The third kappa shape index (κ3) is 1.82. The van der Waals surface area contributed by atoms with Crippen molar-refractivity contribution in [3.8, 4) is 10.6 Å². The van der Waals surface area contributed by atoms with Gasteiger partial charge in [0.15, 0.2) is 0 Å².